The molecule has 0 aromatic carbocycles. The molecule has 4 nitrogen and oxygen atoms in total. The Labute approximate surface area is 135 Å². The highest BCUT2D eigenvalue weighted by atomic mass is 127. The zero-order valence-electron chi connectivity index (χ0n) is 11.8. The van der Waals surface area contributed by atoms with E-state index in [0.717, 1.165) is 38.8 Å². The second-order valence-electron chi connectivity index (χ2n) is 6.28. The molecule has 0 radical (unpaired) electrons. The van der Waals surface area contributed by atoms with Crippen molar-refractivity contribution in [3.05, 3.63) is 18.0 Å². The summed E-state index contributed by atoms with van der Waals surface area (Å²) in [5.74, 6) is 0.974. The molecule has 1 aromatic heterocycles. The molecule has 1 unspecified atom stereocenters. The Hall–Kier alpha value is -0.160. The number of rotatable bonds is 3. The Morgan fingerprint density at radius 2 is 2.15 bits per heavy atom. The van der Waals surface area contributed by atoms with Gasteiger partial charge in [0.2, 0.25) is 5.91 Å². The topological polar surface area (TPSA) is 38.1 Å². The first-order valence-corrected chi connectivity index (χ1v) is 11.4. The zero-order chi connectivity index (χ0) is 14.2. The van der Waals surface area contributed by atoms with Crippen molar-refractivity contribution in [3.8, 4) is 0 Å². The lowest BCUT2D eigenvalue weighted by Gasteiger charge is -2.43. The predicted molar refractivity (Wildman–Crippen MR) is 90.5 cm³/mol. The van der Waals surface area contributed by atoms with Crippen molar-refractivity contribution in [2.24, 2.45) is 5.41 Å². The van der Waals surface area contributed by atoms with Gasteiger partial charge in [-0.2, -0.15) is 5.10 Å². The van der Waals surface area contributed by atoms with E-state index in [1.54, 1.807) is 0 Å². The molecule has 1 saturated heterocycles. The standard InChI is InChI=1S/C14H21IN3OP/c1-14(5-2-6-14)13(19)17-7-3-11(4-8-17)12-9-16-18(10-12)20-15/h9-11,20H,2-8H2,1H3. The minimum Gasteiger partial charge on any atom is -0.342 e. The van der Waals surface area contributed by atoms with Crippen molar-refractivity contribution in [2.45, 2.75) is 44.9 Å². The first-order valence-electron chi connectivity index (χ1n) is 7.33. The number of aromatic nitrogens is 2. The number of halogens is 1. The molecule has 0 bridgehead atoms. The van der Waals surface area contributed by atoms with Gasteiger partial charge in [0.15, 0.2) is 0 Å². The summed E-state index contributed by atoms with van der Waals surface area (Å²) < 4.78 is 2.00. The third-order valence-electron chi connectivity index (χ3n) is 4.92. The van der Waals surface area contributed by atoms with Crippen LogP contribution in [0.1, 0.15) is 50.5 Å². The maximum Gasteiger partial charge on any atom is 0.228 e. The van der Waals surface area contributed by atoms with Gasteiger partial charge in [-0.15, -0.1) is 0 Å². The molecule has 2 fully saturated rings. The third kappa shape index (κ3) is 2.76. The van der Waals surface area contributed by atoms with Gasteiger partial charge in [-0.1, -0.05) is 13.3 Å². The van der Waals surface area contributed by atoms with Crippen LogP contribution in [-0.4, -0.2) is 33.4 Å². The van der Waals surface area contributed by atoms with Gasteiger partial charge in [0, 0.05) is 24.7 Å². The number of hydrogen-bond donors (Lipinski definition) is 0. The van der Waals surface area contributed by atoms with E-state index in [1.165, 1.54) is 12.0 Å². The van der Waals surface area contributed by atoms with Gasteiger partial charge in [0.05, 0.1) is 12.6 Å². The molecule has 1 saturated carbocycles. The predicted octanol–water partition coefficient (Wildman–Crippen LogP) is 3.57. The van der Waals surface area contributed by atoms with Crippen LogP contribution in [0.3, 0.4) is 0 Å². The van der Waals surface area contributed by atoms with Crippen LogP contribution in [0, 0.1) is 5.41 Å². The number of piperidine rings is 1. The number of nitrogens with zero attached hydrogens (tertiary/aromatic N) is 3. The third-order valence-corrected chi connectivity index (χ3v) is 6.82. The van der Waals surface area contributed by atoms with Crippen molar-refractivity contribution >= 4 is 34.3 Å². The molecule has 0 spiro atoms. The van der Waals surface area contributed by atoms with Crippen molar-refractivity contribution in [3.63, 3.8) is 0 Å². The average Bonchev–Trinajstić information content (AvgIpc) is 2.93. The van der Waals surface area contributed by atoms with E-state index >= 15 is 0 Å². The summed E-state index contributed by atoms with van der Waals surface area (Å²) in [7, 11) is 0. The quantitative estimate of drug-likeness (QED) is 0.570. The summed E-state index contributed by atoms with van der Waals surface area (Å²) in [5, 5.41) is 4.37. The molecule has 1 aliphatic carbocycles. The molecule has 20 heavy (non-hydrogen) atoms. The summed E-state index contributed by atoms with van der Waals surface area (Å²) in [6.45, 7) is 3.96. The van der Waals surface area contributed by atoms with E-state index in [1.807, 2.05) is 10.6 Å². The van der Waals surface area contributed by atoms with Gasteiger partial charge >= 0.3 is 0 Å². The van der Waals surface area contributed by atoms with Gasteiger partial charge in [0.1, 0.15) is 0 Å². The summed E-state index contributed by atoms with van der Waals surface area (Å²) >= 11 is 2.34. The fourth-order valence-corrected chi connectivity index (χ4v) is 4.40. The average molecular weight is 405 g/mol. The Morgan fingerprint density at radius 1 is 1.45 bits per heavy atom. The Morgan fingerprint density at radius 3 is 2.65 bits per heavy atom. The van der Waals surface area contributed by atoms with Crippen molar-refractivity contribution in [1.29, 1.82) is 0 Å². The highest BCUT2D eigenvalue weighted by molar-refractivity contribution is 14.2. The van der Waals surface area contributed by atoms with Gasteiger partial charge in [0.25, 0.3) is 0 Å². The van der Waals surface area contributed by atoms with Gasteiger partial charge < -0.3 is 4.90 Å². The molecule has 6 heteroatoms. The van der Waals surface area contributed by atoms with Crippen molar-refractivity contribution in [2.75, 3.05) is 13.1 Å². The van der Waals surface area contributed by atoms with Crippen molar-refractivity contribution in [1.82, 2.24) is 14.5 Å². The minimum absolute atomic E-state index is 0.0416. The number of hydrogen-bond acceptors (Lipinski definition) is 2. The maximum absolute atomic E-state index is 12.5. The van der Waals surface area contributed by atoms with E-state index in [2.05, 4.69) is 45.2 Å². The van der Waals surface area contributed by atoms with E-state index in [-0.39, 0.29) is 5.41 Å². The van der Waals surface area contributed by atoms with E-state index < -0.39 is 0 Å². The fraction of sp³-hybridized carbons (Fsp3) is 0.714. The van der Waals surface area contributed by atoms with Crippen LogP contribution >= 0.6 is 28.4 Å². The van der Waals surface area contributed by atoms with Crippen LogP contribution < -0.4 is 0 Å². The Balaban J connectivity index is 1.58. The van der Waals surface area contributed by atoms with E-state index in [9.17, 15) is 4.79 Å². The highest BCUT2D eigenvalue weighted by Crippen LogP contribution is 2.43. The largest absolute Gasteiger partial charge is 0.342 e. The number of carbonyl (C=O) groups is 1. The smallest absolute Gasteiger partial charge is 0.228 e. The summed E-state index contributed by atoms with van der Waals surface area (Å²) in [6, 6.07) is 0. The van der Waals surface area contributed by atoms with Crippen LogP contribution in [0.15, 0.2) is 12.4 Å². The maximum atomic E-state index is 12.5. The molecule has 0 N–H and O–H groups in total. The van der Waals surface area contributed by atoms with Gasteiger partial charge in [-0.05, 0) is 59.2 Å². The molecular weight excluding hydrogens is 384 g/mol. The molecule has 2 heterocycles. The molecule has 3 rings (SSSR count). The van der Waals surface area contributed by atoms with Gasteiger partial charge in [-0.3, -0.25) is 4.79 Å². The summed E-state index contributed by atoms with van der Waals surface area (Å²) in [4.78, 5) is 14.6. The molecular formula is C14H21IN3OP. The summed E-state index contributed by atoms with van der Waals surface area (Å²) in [5.41, 5.74) is 1.30. The normalized spacial score (nSPS) is 23.2. The fourth-order valence-electron chi connectivity index (χ4n) is 3.31. The first kappa shape index (κ1) is 14.8. The Kier molecular flexibility index (Phi) is 4.37. The van der Waals surface area contributed by atoms with Gasteiger partial charge in [-0.25, -0.2) is 4.45 Å². The van der Waals surface area contributed by atoms with Crippen LogP contribution in [0.4, 0.5) is 0 Å². The lowest BCUT2D eigenvalue weighted by molar-refractivity contribution is -0.147. The van der Waals surface area contributed by atoms with E-state index in [0.29, 0.717) is 18.2 Å². The molecule has 1 aliphatic heterocycles. The minimum atomic E-state index is -0.0416. The van der Waals surface area contributed by atoms with Crippen molar-refractivity contribution < 1.29 is 4.79 Å². The molecule has 1 amide bonds. The summed E-state index contributed by atoms with van der Waals surface area (Å²) in [6.07, 6.45) is 10.4. The highest BCUT2D eigenvalue weighted by Gasteiger charge is 2.42. The number of amides is 1. The van der Waals surface area contributed by atoms with Crippen LogP contribution in [0.2, 0.25) is 0 Å². The SMILES string of the molecule is CC1(C(=O)N2CCC(c3cnn(PI)c3)CC2)CCC1. The number of carbonyl (C=O) groups excluding carboxylic acids is 1. The molecule has 1 aromatic rings. The lowest BCUT2D eigenvalue weighted by Crippen LogP contribution is -2.48. The van der Waals surface area contributed by atoms with Crippen LogP contribution in [0.25, 0.3) is 0 Å². The second-order valence-corrected chi connectivity index (χ2v) is 8.36. The molecule has 110 valence electrons. The lowest BCUT2D eigenvalue weighted by atomic mass is 9.69. The van der Waals surface area contributed by atoms with E-state index in [4.69, 9.17) is 0 Å². The van der Waals surface area contributed by atoms with Crippen LogP contribution in [0.5, 0.6) is 0 Å². The first-order chi connectivity index (χ1) is 9.62. The zero-order valence-corrected chi connectivity index (χ0v) is 15.0. The molecule has 2 aliphatic rings. The number of likely N-dealkylation sites (tertiary alicyclic amines) is 1. The molecule has 1 atom stereocenters. The second kappa shape index (κ2) is 5.91. The Bertz CT molecular complexity index is 492. The monoisotopic (exact) mass is 405 g/mol. The van der Waals surface area contributed by atoms with Crippen LogP contribution in [-0.2, 0) is 4.79 Å².